The Bertz CT molecular complexity index is 152. The molecule has 0 atom stereocenters. The average molecular weight is 137 g/mol. The molecular formula is C9H15N. The van der Waals surface area contributed by atoms with Gasteiger partial charge in [-0.25, -0.2) is 0 Å². The van der Waals surface area contributed by atoms with Gasteiger partial charge < -0.3 is 5.41 Å². The summed E-state index contributed by atoms with van der Waals surface area (Å²) in [6.07, 6.45) is 7.24. The van der Waals surface area contributed by atoms with Crippen LogP contribution in [-0.4, -0.2) is 6.21 Å². The zero-order chi connectivity index (χ0) is 7.98. The van der Waals surface area contributed by atoms with Gasteiger partial charge in [-0.15, -0.1) is 0 Å². The van der Waals surface area contributed by atoms with E-state index >= 15 is 0 Å². The Morgan fingerprint density at radius 3 is 2.40 bits per heavy atom. The zero-order valence-electron chi connectivity index (χ0n) is 6.89. The highest BCUT2D eigenvalue weighted by molar-refractivity contribution is 5.69. The van der Waals surface area contributed by atoms with E-state index in [0.717, 1.165) is 5.57 Å². The third-order valence-electron chi connectivity index (χ3n) is 1.09. The lowest BCUT2D eigenvalue weighted by Gasteiger charge is -1.92. The molecule has 0 saturated carbocycles. The van der Waals surface area contributed by atoms with Crippen LogP contribution >= 0.6 is 0 Å². The fourth-order valence-corrected chi connectivity index (χ4v) is 0.531. The normalized spacial score (nSPS) is 13.0. The van der Waals surface area contributed by atoms with Crippen molar-refractivity contribution in [3.05, 3.63) is 23.8 Å². The van der Waals surface area contributed by atoms with Crippen LogP contribution in [-0.2, 0) is 0 Å². The van der Waals surface area contributed by atoms with Gasteiger partial charge in [0.25, 0.3) is 0 Å². The lowest BCUT2D eigenvalue weighted by molar-refractivity contribution is 0.831. The molecule has 0 rings (SSSR count). The minimum atomic E-state index is 0.592. The van der Waals surface area contributed by atoms with Crippen LogP contribution in [0.5, 0.6) is 0 Å². The van der Waals surface area contributed by atoms with Gasteiger partial charge in [0.15, 0.2) is 0 Å². The SMILES string of the molecule is CC(/C=C\C(C)C)=C/C=N. The molecule has 0 bridgehead atoms. The summed E-state index contributed by atoms with van der Waals surface area (Å²) in [5, 5.41) is 6.78. The Morgan fingerprint density at radius 1 is 1.40 bits per heavy atom. The van der Waals surface area contributed by atoms with Gasteiger partial charge in [0.05, 0.1) is 0 Å². The van der Waals surface area contributed by atoms with E-state index in [1.165, 1.54) is 6.21 Å². The predicted octanol–water partition coefficient (Wildman–Crippen LogP) is 2.79. The van der Waals surface area contributed by atoms with Crippen molar-refractivity contribution in [3.8, 4) is 0 Å². The molecule has 1 N–H and O–H groups in total. The quantitative estimate of drug-likeness (QED) is 0.457. The lowest BCUT2D eigenvalue weighted by Crippen LogP contribution is -1.77. The highest BCUT2D eigenvalue weighted by atomic mass is 14.3. The van der Waals surface area contributed by atoms with Crippen molar-refractivity contribution in [1.82, 2.24) is 0 Å². The number of allylic oxidation sites excluding steroid dienone is 4. The standard InChI is InChI=1S/C9H15N/c1-8(2)4-5-9(3)6-7-10/h4-8,10H,1-3H3/b5-4-,9-6-,10-7?. The molecule has 0 aliphatic heterocycles. The van der Waals surface area contributed by atoms with E-state index in [4.69, 9.17) is 5.41 Å². The first kappa shape index (κ1) is 9.15. The molecule has 0 aliphatic rings. The molecule has 0 spiro atoms. The van der Waals surface area contributed by atoms with Crippen LogP contribution in [0.2, 0.25) is 0 Å². The number of nitrogens with one attached hydrogen (secondary N) is 1. The Kier molecular flexibility index (Phi) is 4.55. The molecule has 1 nitrogen and oxygen atoms in total. The molecular weight excluding hydrogens is 122 g/mol. The average Bonchev–Trinajstić information content (AvgIpc) is 1.85. The Labute approximate surface area is 63.0 Å². The summed E-state index contributed by atoms with van der Waals surface area (Å²) in [7, 11) is 0. The first-order chi connectivity index (χ1) is 4.66. The van der Waals surface area contributed by atoms with Gasteiger partial charge in [-0.3, -0.25) is 0 Å². The predicted molar refractivity (Wildman–Crippen MR) is 46.5 cm³/mol. The van der Waals surface area contributed by atoms with E-state index in [-0.39, 0.29) is 0 Å². The Morgan fingerprint density at radius 2 is 2.00 bits per heavy atom. The molecule has 1 heteroatoms. The first-order valence-corrected chi connectivity index (χ1v) is 3.52. The fourth-order valence-electron chi connectivity index (χ4n) is 0.531. The maximum Gasteiger partial charge on any atom is 0.0180 e. The van der Waals surface area contributed by atoms with Gasteiger partial charge in [0.1, 0.15) is 0 Å². The number of rotatable bonds is 3. The van der Waals surface area contributed by atoms with Crippen LogP contribution in [0.25, 0.3) is 0 Å². The molecule has 0 radical (unpaired) electrons. The van der Waals surface area contributed by atoms with E-state index in [0.29, 0.717) is 5.92 Å². The summed E-state index contributed by atoms with van der Waals surface area (Å²) in [5.74, 6) is 0.592. The molecule has 0 fully saturated rings. The first-order valence-electron chi connectivity index (χ1n) is 3.52. The van der Waals surface area contributed by atoms with Crippen molar-refractivity contribution in [2.24, 2.45) is 5.92 Å². The highest BCUT2D eigenvalue weighted by Gasteiger charge is 1.82. The lowest BCUT2D eigenvalue weighted by atomic mass is 10.1. The summed E-state index contributed by atoms with van der Waals surface area (Å²) in [6.45, 7) is 6.26. The highest BCUT2D eigenvalue weighted by Crippen LogP contribution is 1.98. The second-order valence-electron chi connectivity index (χ2n) is 2.68. The Balaban J connectivity index is 3.88. The van der Waals surface area contributed by atoms with Gasteiger partial charge in [0.2, 0.25) is 0 Å². The zero-order valence-corrected chi connectivity index (χ0v) is 6.89. The van der Waals surface area contributed by atoms with Gasteiger partial charge in [-0.2, -0.15) is 0 Å². The van der Waals surface area contributed by atoms with E-state index in [9.17, 15) is 0 Å². The smallest absolute Gasteiger partial charge is 0.0180 e. The third-order valence-corrected chi connectivity index (χ3v) is 1.09. The van der Waals surface area contributed by atoms with Gasteiger partial charge in [-0.1, -0.05) is 26.0 Å². The summed E-state index contributed by atoms with van der Waals surface area (Å²) in [6, 6.07) is 0. The largest absolute Gasteiger partial charge is 0.309 e. The van der Waals surface area contributed by atoms with Crippen molar-refractivity contribution in [2.45, 2.75) is 20.8 Å². The maximum atomic E-state index is 6.78. The van der Waals surface area contributed by atoms with Crippen molar-refractivity contribution >= 4 is 6.21 Å². The van der Waals surface area contributed by atoms with Crippen LogP contribution in [0.4, 0.5) is 0 Å². The molecule has 0 aromatic rings. The van der Waals surface area contributed by atoms with E-state index < -0.39 is 0 Å². The number of hydrogen-bond acceptors (Lipinski definition) is 1. The molecule has 0 amide bonds. The van der Waals surface area contributed by atoms with Gasteiger partial charge in [-0.05, 0) is 24.5 Å². The van der Waals surface area contributed by atoms with Gasteiger partial charge >= 0.3 is 0 Å². The van der Waals surface area contributed by atoms with Crippen LogP contribution in [0.1, 0.15) is 20.8 Å². The molecule has 0 aromatic heterocycles. The molecule has 0 heterocycles. The van der Waals surface area contributed by atoms with Crippen molar-refractivity contribution in [3.63, 3.8) is 0 Å². The summed E-state index contributed by atoms with van der Waals surface area (Å²) in [5.41, 5.74) is 1.13. The van der Waals surface area contributed by atoms with Crippen molar-refractivity contribution < 1.29 is 0 Å². The second kappa shape index (κ2) is 4.98. The molecule has 0 saturated heterocycles. The van der Waals surface area contributed by atoms with E-state index in [1.54, 1.807) is 6.08 Å². The molecule has 0 unspecified atom stereocenters. The molecule has 0 aliphatic carbocycles. The topological polar surface area (TPSA) is 23.9 Å². The van der Waals surface area contributed by atoms with Crippen LogP contribution in [0.3, 0.4) is 0 Å². The molecule has 10 heavy (non-hydrogen) atoms. The minimum Gasteiger partial charge on any atom is -0.309 e. The number of hydrogen-bond donors (Lipinski definition) is 1. The van der Waals surface area contributed by atoms with Crippen molar-refractivity contribution in [1.29, 1.82) is 5.41 Å². The fraction of sp³-hybridized carbons (Fsp3) is 0.444. The summed E-state index contributed by atoms with van der Waals surface area (Å²) in [4.78, 5) is 0. The molecule has 0 aromatic carbocycles. The summed E-state index contributed by atoms with van der Waals surface area (Å²) >= 11 is 0. The Hall–Kier alpha value is -0.850. The van der Waals surface area contributed by atoms with Crippen LogP contribution in [0, 0.1) is 11.3 Å². The summed E-state index contributed by atoms with van der Waals surface area (Å²) < 4.78 is 0. The van der Waals surface area contributed by atoms with Crippen molar-refractivity contribution in [2.75, 3.05) is 0 Å². The van der Waals surface area contributed by atoms with Gasteiger partial charge in [0, 0.05) is 6.21 Å². The third kappa shape index (κ3) is 5.29. The second-order valence-corrected chi connectivity index (χ2v) is 2.68. The minimum absolute atomic E-state index is 0.592. The van der Waals surface area contributed by atoms with E-state index in [1.807, 2.05) is 13.0 Å². The van der Waals surface area contributed by atoms with E-state index in [2.05, 4.69) is 19.9 Å². The maximum absolute atomic E-state index is 6.78. The molecule has 56 valence electrons. The monoisotopic (exact) mass is 137 g/mol. The van der Waals surface area contributed by atoms with Crippen LogP contribution in [0.15, 0.2) is 23.8 Å². The van der Waals surface area contributed by atoms with Crippen LogP contribution < -0.4 is 0 Å².